The molecule has 0 fully saturated rings. The highest BCUT2D eigenvalue weighted by molar-refractivity contribution is 6.02. The first-order valence-corrected chi connectivity index (χ1v) is 6.58. The maximum Gasteiger partial charge on any atom is 0.315 e. The van der Waals surface area contributed by atoms with Crippen LogP contribution in [0.4, 0.5) is 10.1 Å². The van der Waals surface area contributed by atoms with E-state index < -0.39 is 11.7 Å². The predicted octanol–water partition coefficient (Wildman–Crippen LogP) is 3.15. The van der Waals surface area contributed by atoms with Crippen molar-refractivity contribution in [3.05, 3.63) is 66.3 Å². The fourth-order valence-electron chi connectivity index (χ4n) is 1.97. The molecular weight excluding hydrogens is 285 g/mol. The summed E-state index contributed by atoms with van der Waals surface area (Å²) in [6.45, 7) is 0. The molecule has 22 heavy (non-hydrogen) atoms. The molecule has 0 N–H and O–H groups in total. The number of carbonyl (C=O) groups excluding carboxylic acids is 1. The Hall–Kier alpha value is -3.02. The van der Waals surface area contributed by atoms with Crippen LogP contribution in [-0.4, -0.2) is 23.2 Å². The normalized spacial score (nSPS) is 10.5. The van der Waals surface area contributed by atoms with Crippen LogP contribution in [0.2, 0.25) is 0 Å². The second-order valence-corrected chi connectivity index (χ2v) is 4.59. The van der Waals surface area contributed by atoms with E-state index in [-0.39, 0.29) is 17.3 Å². The molecule has 3 rings (SSSR count). The number of anilines is 1. The number of halogens is 1. The van der Waals surface area contributed by atoms with E-state index in [0.717, 1.165) is 0 Å². The second kappa shape index (κ2) is 5.77. The molecule has 0 spiro atoms. The van der Waals surface area contributed by atoms with Crippen molar-refractivity contribution in [2.75, 3.05) is 11.9 Å². The topological polar surface area (TPSA) is 59.2 Å². The molecule has 6 heteroatoms. The standard InChI is InChI=1S/C16H12FN3O2/c1-20(11-7-3-2-4-8-11)16(21)15-19-18-14(22-15)12-9-5-6-10-13(12)17/h2-10H,1H3. The first-order chi connectivity index (χ1) is 10.7. The van der Waals surface area contributed by atoms with Gasteiger partial charge in [0.05, 0.1) is 5.56 Å². The fourth-order valence-corrected chi connectivity index (χ4v) is 1.97. The van der Waals surface area contributed by atoms with Crippen molar-refractivity contribution in [1.82, 2.24) is 10.2 Å². The molecule has 1 amide bonds. The lowest BCUT2D eigenvalue weighted by Crippen LogP contribution is -2.26. The number of hydrogen-bond acceptors (Lipinski definition) is 4. The first-order valence-electron chi connectivity index (χ1n) is 6.58. The third-order valence-corrected chi connectivity index (χ3v) is 3.16. The minimum atomic E-state index is -0.485. The average Bonchev–Trinajstić information content (AvgIpc) is 3.04. The Labute approximate surface area is 126 Å². The molecule has 0 aliphatic carbocycles. The van der Waals surface area contributed by atoms with Crippen LogP contribution < -0.4 is 4.90 Å². The average molecular weight is 297 g/mol. The van der Waals surface area contributed by atoms with E-state index in [9.17, 15) is 9.18 Å². The zero-order valence-corrected chi connectivity index (χ0v) is 11.7. The lowest BCUT2D eigenvalue weighted by atomic mass is 10.2. The summed E-state index contributed by atoms with van der Waals surface area (Å²) in [7, 11) is 1.60. The van der Waals surface area contributed by atoms with Crippen LogP contribution in [0.1, 0.15) is 10.7 Å². The van der Waals surface area contributed by atoms with Crippen LogP contribution in [-0.2, 0) is 0 Å². The fraction of sp³-hybridized carbons (Fsp3) is 0.0625. The molecule has 1 aromatic heterocycles. The van der Waals surface area contributed by atoms with Crippen molar-refractivity contribution < 1.29 is 13.6 Å². The highest BCUT2D eigenvalue weighted by Gasteiger charge is 2.21. The molecule has 0 saturated carbocycles. The summed E-state index contributed by atoms with van der Waals surface area (Å²) in [6, 6.07) is 15.1. The highest BCUT2D eigenvalue weighted by Crippen LogP contribution is 2.22. The van der Waals surface area contributed by atoms with Gasteiger partial charge in [0.1, 0.15) is 5.82 Å². The van der Waals surface area contributed by atoms with Gasteiger partial charge in [0.25, 0.3) is 5.89 Å². The van der Waals surface area contributed by atoms with Gasteiger partial charge in [-0.3, -0.25) is 4.79 Å². The predicted molar refractivity (Wildman–Crippen MR) is 78.9 cm³/mol. The summed E-state index contributed by atoms with van der Waals surface area (Å²) >= 11 is 0. The number of aromatic nitrogens is 2. The van der Waals surface area contributed by atoms with E-state index in [1.165, 1.54) is 17.0 Å². The number of nitrogens with zero attached hydrogens (tertiary/aromatic N) is 3. The van der Waals surface area contributed by atoms with Gasteiger partial charge in [0, 0.05) is 12.7 Å². The summed E-state index contributed by atoms with van der Waals surface area (Å²) in [4.78, 5) is 13.7. The SMILES string of the molecule is CN(C(=O)c1nnc(-c2ccccc2F)o1)c1ccccc1. The van der Waals surface area contributed by atoms with Crippen molar-refractivity contribution >= 4 is 11.6 Å². The smallest absolute Gasteiger partial charge is 0.315 e. The van der Waals surface area contributed by atoms with Crippen LogP contribution in [0, 0.1) is 5.82 Å². The van der Waals surface area contributed by atoms with E-state index in [0.29, 0.717) is 5.69 Å². The van der Waals surface area contributed by atoms with Gasteiger partial charge in [-0.15, -0.1) is 10.2 Å². The number of carbonyl (C=O) groups is 1. The molecule has 3 aromatic rings. The lowest BCUT2D eigenvalue weighted by molar-refractivity contribution is 0.0960. The molecule has 0 bridgehead atoms. The van der Waals surface area contributed by atoms with Crippen LogP contribution >= 0.6 is 0 Å². The molecule has 110 valence electrons. The van der Waals surface area contributed by atoms with E-state index in [4.69, 9.17) is 4.42 Å². The van der Waals surface area contributed by atoms with Gasteiger partial charge < -0.3 is 9.32 Å². The Kier molecular flexibility index (Phi) is 3.65. The minimum Gasteiger partial charge on any atom is -0.412 e. The Balaban J connectivity index is 1.88. The second-order valence-electron chi connectivity index (χ2n) is 4.59. The van der Waals surface area contributed by atoms with Crippen LogP contribution in [0.3, 0.4) is 0 Å². The summed E-state index contributed by atoms with van der Waals surface area (Å²) in [5, 5.41) is 7.45. The molecule has 0 aliphatic heterocycles. The van der Waals surface area contributed by atoms with Gasteiger partial charge in [-0.2, -0.15) is 0 Å². The molecule has 0 radical (unpaired) electrons. The summed E-state index contributed by atoms with van der Waals surface area (Å²) in [5.74, 6) is -1.16. The van der Waals surface area contributed by atoms with E-state index >= 15 is 0 Å². The number of hydrogen-bond donors (Lipinski definition) is 0. The van der Waals surface area contributed by atoms with Crippen molar-refractivity contribution in [2.24, 2.45) is 0 Å². The number of para-hydroxylation sites is 1. The molecule has 2 aromatic carbocycles. The van der Waals surface area contributed by atoms with Crippen molar-refractivity contribution in [3.63, 3.8) is 0 Å². The number of benzene rings is 2. The maximum atomic E-state index is 13.7. The van der Waals surface area contributed by atoms with Crippen molar-refractivity contribution in [2.45, 2.75) is 0 Å². The van der Waals surface area contributed by atoms with Crippen molar-refractivity contribution in [3.8, 4) is 11.5 Å². The summed E-state index contributed by atoms with van der Waals surface area (Å²) < 4.78 is 19.0. The maximum absolute atomic E-state index is 13.7. The Morgan fingerprint density at radius 2 is 1.73 bits per heavy atom. The Morgan fingerprint density at radius 1 is 1.05 bits per heavy atom. The molecule has 0 aliphatic rings. The molecule has 0 atom stereocenters. The Bertz CT molecular complexity index is 802. The van der Waals surface area contributed by atoms with E-state index in [1.807, 2.05) is 18.2 Å². The Morgan fingerprint density at radius 3 is 2.45 bits per heavy atom. The number of amides is 1. The first kappa shape index (κ1) is 13.9. The van der Waals surface area contributed by atoms with Crippen LogP contribution in [0.25, 0.3) is 11.5 Å². The molecular formula is C16H12FN3O2. The van der Waals surface area contributed by atoms with Crippen molar-refractivity contribution in [1.29, 1.82) is 0 Å². The summed E-state index contributed by atoms with van der Waals surface area (Å²) in [6.07, 6.45) is 0. The molecule has 5 nitrogen and oxygen atoms in total. The van der Waals surface area contributed by atoms with Crippen LogP contribution in [0.15, 0.2) is 59.0 Å². The minimum absolute atomic E-state index is 0.0251. The van der Waals surface area contributed by atoms with Gasteiger partial charge in [0.15, 0.2) is 0 Å². The molecule has 0 saturated heterocycles. The third kappa shape index (κ3) is 2.58. The monoisotopic (exact) mass is 297 g/mol. The zero-order valence-electron chi connectivity index (χ0n) is 11.7. The molecule has 1 heterocycles. The molecule has 0 unspecified atom stereocenters. The van der Waals surface area contributed by atoms with Gasteiger partial charge >= 0.3 is 11.8 Å². The highest BCUT2D eigenvalue weighted by atomic mass is 19.1. The third-order valence-electron chi connectivity index (χ3n) is 3.16. The number of rotatable bonds is 3. The van der Waals surface area contributed by atoms with Gasteiger partial charge in [-0.05, 0) is 24.3 Å². The quantitative estimate of drug-likeness (QED) is 0.745. The lowest BCUT2D eigenvalue weighted by Gasteiger charge is -2.14. The largest absolute Gasteiger partial charge is 0.412 e. The van der Waals surface area contributed by atoms with Gasteiger partial charge in [0.2, 0.25) is 0 Å². The van der Waals surface area contributed by atoms with E-state index in [1.54, 1.807) is 31.3 Å². The van der Waals surface area contributed by atoms with Gasteiger partial charge in [-0.1, -0.05) is 30.3 Å². The van der Waals surface area contributed by atoms with E-state index in [2.05, 4.69) is 10.2 Å². The van der Waals surface area contributed by atoms with Gasteiger partial charge in [-0.25, -0.2) is 4.39 Å². The zero-order chi connectivity index (χ0) is 15.5. The summed E-state index contributed by atoms with van der Waals surface area (Å²) in [5.41, 5.74) is 0.856. The van der Waals surface area contributed by atoms with Crippen LogP contribution in [0.5, 0.6) is 0 Å².